The van der Waals surface area contributed by atoms with E-state index in [0.29, 0.717) is 28.1 Å². The molecule has 0 aliphatic carbocycles. The van der Waals surface area contributed by atoms with Crippen molar-refractivity contribution in [3.63, 3.8) is 0 Å². The molecule has 0 spiro atoms. The maximum atomic E-state index is 12.8. The zero-order valence-electron chi connectivity index (χ0n) is 28.8. The van der Waals surface area contributed by atoms with Crippen LogP contribution in [0.15, 0.2) is 61.2 Å². The number of fused-ring (bicyclic) bond motifs is 1. The predicted molar refractivity (Wildman–Crippen MR) is 176 cm³/mol. The number of nitrogens with zero attached hydrogens (tertiary/aromatic N) is 9. The zero-order valence-corrected chi connectivity index (χ0v) is 28.8. The summed E-state index contributed by atoms with van der Waals surface area (Å²) in [4.78, 5) is 56.4. The molecule has 1 aromatic carbocycles. The van der Waals surface area contributed by atoms with Gasteiger partial charge in [0.25, 0.3) is 11.8 Å². The Labute approximate surface area is 302 Å². The maximum absolute atomic E-state index is 12.8. The van der Waals surface area contributed by atoms with Gasteiger partial charge in [0.1, 0.15) is 0 Å². The molecule has 5 aromatic rings. The number of hydrogen-bond donors (Lipinski definition) is 1. The first-order chi connectivity index (χ1) is 25.4. The maximum Gasteiger partial charge on any atom is 0.451 e. The van der Waals surface area contributed by atoms with E-state index in [1.807, 2.05) is 0 Å². The molecule has 0 saturated carbocycles. The highest BCUT2D eigenvalue weighted by molar-refractivity contribution is 6.21. The molecule has 0 unspecified atom stereocenters. The second-order valence-corrected chi connectivity index (χ2v) is 11.9. The van der Waals surface area contributed by atoms with E-state index in [0.717, 1.165) is 29.7 Å². The number of halogens is 6. The number of aromatic nitrogens is 8. The van der Waals surface area contributed by atoms with Gasteiger partial charge < -0.3 is 15.2 Å². The standard InChI is InChI=1S/C21H16F3N5O3.C13H14F3N5O/c1-11(2)32-20-27-13(10-29-17(30)14-5-3-4-6-15(14)18(29)31)7-16(28-20)12-8-25-19(26-9-12)21(22,23)24;1-7(2)22-12-20-9(4-17)3-10(21-12)8-5-18-11(19-6-8)13(14,15)16/h3-9,11H,10H2,1-2H3;3,5-7H,4,17H2,1-2H3. The molecule has 1 aliphatic rings. The number of imide groups is 1. The fourth-order valence-electron chi connectivity index (χ4n) is 4.71. The van der Waals surface area contributed by atoms with E-state index >= 15 is 0 Å². The van der Waals surface area contributed by atoms with Crippen molar-refractivity contribution in [1.82, 2.24) is 44.8 Å². The summed E-state index contributed by atoms with van der Waals surface area (Å²) >= 11 is 0. The number of carbonyl (C=O) groups is 2. The Morgan fingerprint density at radius 3 is 1.41 bits per heavy atom. The van der Waals surface area contributed by atoms with Crippen LogP contribution < -0.4 is 15.2 Å². The van der Waals surface area contributed by atoms with Crippen LogP contribution in [-0.4, -0.2) is 68.8 Å². The Balaban J connectivity index is 0.000000223. The smallest absolute Gasteiger partial charge is 0.451 e. The highest BCUT2D eigenvalue weighted by Gasteiger charge is 2.37. The van der Waals surface area contributed by atoms with Crippen molar-refractivity contribution in [2.24, 2.45) is 5.73 Å². The molecule has 2 amide bonds. The van der Waals surface area contributed by atoms with E-state index < -0.39 is 35.8 Å². The minimum absolute atomic E-state index is 0.0518. The quantitative estimate of drug-likeness (QED) is 0.142. The second-order valence-electron chi connectivity index (χ2n) is 11.9. The lowest BCUT2D eigenvalue weighted by Gasteiger charge is -2.16. The third-order valence-electron chi connectivity index (χ3n) is 7.01. The lowest BCUT2D eigenvalue weighted by Crippen LogP contribution is -2.29. The van der Waals surface area contributed by atoms with Crippen LogP contribution in [0.25, 0.3) is 22.5 Å². The fraction of sp³-hybridized carbons (Fsp3) is 0.294. The Hall–Kier alpha value is -6.18. The number of ether oxygens (including phenoxy) is 2. The highest BCUT2D eigenvalue weighted by atomic mass is 19.4. The first-order valence-corrected chi connectivity index (χ1v) is 16.0. The number of hydrogen-bond acceptors (Lipinski definition) is 13. The van der Waals surface area contributed by atoms with Gasteiger partial charge >= 0.3 is 24.4 Å². The van der Waals surface area contributed by atoms with Gasteiger partial charge in [-0.2, -0.15) is 46.3 Å². The van der Waals surface area contributed by atoms with E-state index in [2.05, 4.69) is 39.9 Å². The molecular weight excluding hydrogens is 726 g/mol. The molecule has 1 aliphatic heterocycles. The van der Waals surface area contributed by atoms with E-state index in [4.69, 9.17) is 15.2 Å². The molecule has 4 aromatic heterocycles. The van der Waals surface area contributed by atoms with Crippen molar-refractivity contribution in [3.8, 4) is 34.5 Å². The Bertz CT molecular complexity index is 2100. The van der Waals surface area contributed by atoms with Crippen LogP contribution in [0.2, 0.25) is 0 Å². The minimum atomic E-state index is -4.67. The van der Waals surface area contributed by atoms with Crippen LogP contribution in [-0.2, 0) is 25.4 Å². The summed E-state index contributed by atoms with van der Waals surface area (Å²) < 4.78 is 86.6. The minimum Gasteiger partial charge on any atom is -0.461 e. The highest BCUT2D eigenvalue weighted by Crippen LogP contribution is 2.30. The molecular formula is C34H30F6N10O4. The first kappa shape index (κ1) is 39.0. The SMILES string of the molecule is CC(C)Oc1nc(CN)cc(-c2cnc(C(F)(F)F)nc2)n1.CC(C)Oc1nc(CN2C(=O)c3ccccc3C2=O)cc(-c2cnc(C(F)(F)F)nc2)n1. The second kappa shape index (κ2) is 15.8. The van der Waals surface area contributed by atoms with Crippen LogP contribution in [0.5, 0.6) is 12.0 Å². The zero-order chi connectivity index (χ0) is 39.4. The summed E-state index contributed by atoms with van der Waals surface area (Å²) in [6, 6.07) is 9.51. The molecule has 2 N–H and O–H groups in total. The van der Waals surface area contributed by atoms with Crippen molar-refractivity contribution < 1.29 is 45.4 Å². The van der Waals surface area contributed by atoms with Gasteiger partial charge in [0, 0.05) is 42.5 Å². The van der Waals surface area contributed by atoms with Gasteiger partial charge in [-0.05, 0) is 52.0 Å². The van der Waals surface area contributed by atoms with Gasteiger partial charge in [0.05, 0.1) is 52.7 Å². The third-order valence-corrected chi connectivity index (χ3v) is 7.01. The van der Waals surface area contributed by atoms with Gasteiger partial charge in [-0.25, -0.2) is 19.9 Å². The Morgan fingerprint density at radius 1 is 0.648 bits per heavy atom. The summed E-state index contributed by atoms with van der Waals surface area (Å²) in [6.45, 7) is 7.09. The lowest BCUT2D eigenvalue weighted by molar-refractivity contribution is -0.145. The van der Waals surface area contributed by atoms with Crippen LogP contribution in [0.4, 0.5) is 26.3 Å². The summed E-state index contributed by atoms with van der Waals surface area (Å²) in [7, 11) is 0. The molecule has 0 fully saturated rings. The Morgan fingerprint density at radius 2 is 1.04 bits per heavy atom. The van der Waals surface area contributed by atoms with Crippen molar-refractivity contribution in [3.05, 3.63) is 95.3 Å². The number of alkyl halides is 6. The van der Waals surface area contributed by atoms with E-state index in [1.165, 1.54) is 6.07 Å². The number of rotatable bonds is 9. The normalized spacial score (nSPS) is 12.9. The van der Waals surface area contributed by atoms with Crippen molar-refractivity contribution >= 4 is 11.8 Å². The summed E-state index contributed by atoms with van der Waals surface area (Å²) in [6.07, 6.45) is -5.61. The van der Waals surface area contributed by atoms with Crippen molar-refractivity contribution in [1.29, 1.82) is 0 Å². The van der Waals surface area contributed by atoms with E-state index in [1.54, 1.807) is 58.0 Å². The molecule has 54 heavy (non-hydrogen) atoms. The van der Waals surface area contributed by atoms with Gasteiger partial charge in [0.2, 0.25) is 11.6 Å². The van der Waals surface area contributed by atoms with Gasteiger partial charge in [-0.3, -0.25) is 14.5 Å². The largest absolute Gasteiger partial charge is 0.461 e. The number of carbonyl (C=O) groups excluding carboxylic acids is 2. The third kappa shape index (κ3) is 9.43. The molecule has 282 valence electrons. The lowest BCUT2D eigenvalue weighted by atomic mass is 10.1. The van der Waals surface area contributed by atoms with Crippen molar-refractivity contribution in [2.45, 2.75) is 65.3 Å². The van der Waals surface area contributed by atoms with E-state index in [-0.39, 0.29) is 54.3 Å². The fourth-order valence-corrected chi connectivity index (χ4v) is 4.71. The molecule has 20 heteroatoms. The van der Waals surface area contributed by atoms with Crippen LogP contribution in [0.3, 0.4) is 0 Å². The van der Waals surface area contributed by atoms with Crippen LogP contribution >= 0.6 is 0 Å². The molecule has 0 bridgehead atoms. The molecule has 6 rings (SSSR count). The molecule has 14 nitrogen and oxygen atoms in total. The monoisotopic (exact) mass is 756 g/mol. The summed E-state index contributed by atoms with van der Waals surface area (Å²) in [5.74, 6) is -3.41. The van der Waals surface area contributed by atoms with Crippen LogP contribution in [0, 0.1) is 0 Å². The van der Waals surface area contributed by atoms with Crippen molar-refractivity contribution in [2.75, 3.05) is 0 Å². The molecule has 5 heterocycles. The predicted octanol–water partition coefficient (Wildman–Crippen LogP) is 5.73. The van der Waals surface area contributed by atoms with E-state index in [9.17, 15) is 35.9 Å². The number of benzene rings is 1. The van der Waals surface area contributed by atoms with Gasteiger partial charge in [-0.15, -0.1) is 0 Å². The number of nitrogens with two attached hydrogens (primary N) is 1. The topological polar surface area (TPSA) is 185 Å². The molecule has 0 saturated heterocycles. The summed E-state index contributed by atoms with van der Waals surface area (Å²) in [5.41, 5.74) is 7.95. The number of amides is 2. The summed E-state index contributed by atoms with van der Waals surface area (Å²) in [5, 5.41) is 0. The average Bonchev–Trinajstić information content (AvgIpc) is 3.35. The Kier molecular flexibility index (Phi) is 11.4. The first-order valence-electron chi connectivity index (χ1n) is 16.0. The molecule has 0 atom stereocenters. The van der Waals surface area contributed by atoms with Gasteiger partial charge in [-0.1, -0.05) is 12.1 Å². The van der Waals surface area contributed by atoms with Gasteiger partial charge in [0.15, 0.2) is 0 Å². The van der Waals surface area contributed by atoms with Crippen LogP contribution in [0.1, 0.15) is 71.4 Å². The average molecular weight is 757 g/mol. The molecule has 0 radical (unpaired) electrons.